The molecule has 4 nitrogen and oxygen atoms in total. The van der Waals surface area contributed by atoms with Crippen molar-refractivity contribution in [2.45, 2.75) is 31.2 Å². The number of methoxy groups -OCH3 is 1. The lowest BCUT2D eigenvalue weighted by molar-refractivity contribution is 0.0942. The number of carbonyl (C=O) groups is 1. The molecule has 0 bridgehead atoms. The normalized spacial score (nSPS) is 10.6. The van der Waals surface area contributed by atoms with Crippen LogP contribution < -0.4 is 10.1 Å². The van der Waals surface area contributed by atoms with Crippen LogP contribution in [0.15, 0.2) is 23.1 Å². The van der Waals surface area contributed by atoms with Crippen LogP contribution in [0.5, 0.6) is 5.75 Å². The third-order valence-electron chi connectivity index (χ3n) is 2.39. The molecule has 106 valence electrons. The van der Waals surface area contributed by atoms with Gasteiger partial charge in [-0.05, 0) is 32.0 Å². The maximum Gasteiger partial charge on any atom is 0.251 e. The van der Waals surface area contributed by atoms with Gasteiger partial charge in [0.2, 0.25) is 0 Å². The minimum absolute atomic E-state index is 0.106. The molecule has 0 aromatic heterocycles. The molecule has 0 heterocycles. The molecule has 1 rings (SSSR count). The Balaban J connectivity index is 2.68. The van der Waals surface area contributed by atoms with Crippen LogP contribution in [0.4, 0.5) is 0 Å². The van der Waals surface area contributed by atoms with E-state index in [2.05, 4.69) is 17.9 Å². The lowest BCUT2D eigenvalue weighted by atomic mass is 10.2. The van der Waals surface area contributed by atoms with Crippen molar-refractivity contribution in [2.75, 3.05) is 20.3 Å². The monoisotopic (exact) mass is 283 g/mol. The predicted molar refractivity (Wildman–Crippen MR) is 78.3 cm³/mol. The van der Waals surface area contributed by atoms with Crippen molar-refractivity contribution in [1.29, 1.82) is 0 Å². The molecule has 0 spiro atoms. The van der Waals surface area contributed by atoms with Crippen molar-refractivity contribution in [1.82, 2.24) is 5.32 Å². The molecular formula is C14H21NO3S. The van der Waals surface area contributed by atoms with E-state index in [1.54, 1.807) is 25.3 Å². The summed E-state index contributed by atoms with van der Waals surface area (Å²) in [5, 5.41) is 2.84. The number of carbonyl (C=O) groups excluding carboxylic acids is 1. The fourth-order valence-corrected chi connectivity index (χ4v) is 1.71. The van der Waals surface area contributed by atoms with E-state index < -0.39 is 0 Å². The molecule has 5 heteroatoms. The molecule has 19 heavy (non-hydrogen) atoms. The average Bonchev–Trinajstić information content (AvgIpc) is 2.35. The minimum atomic E-state index is -0.106. The first kappa shape index (κ1) is 15.9. The van der Waals surface area contributed by atoms with E-state index in [0.717, 1.165) is 11.3 Å². The molecule has 1 aromatic carbocycles. The summed E-state index contributed by atoms with van der Waals surface area (Å²) in [7, 11) is 1.65. The van der Waals surface area contributed by atoms with E-state index in [1.165, 1.54) is 0 Å². The first-order valence-electron chi connectivity index (χ1n) is 6.30. The Morgan fingerprint density at radius 1 is 1.37 bits per heavy atom. The quantitative estimate of drug-likeness (QED) is 0.597. The van der Waals surface area contributed by atoms with E-state index >= 15 is 0 Å². The maximum atomic E-state index is 11.9. The van der Waals surface area contributed by atoms with Crippen molar-refractivity contribution < 1.29 is 14.3 Å². The van der Waals surface area contributed by atoms with Gasteiger partial charge in [-0.3, -0.25) is 4.79 Å². The lowest BCUT2D eigenvalue weighted by Crippen LogP contribution is -2.30. The number of ether oxygens (including phenoxy) is 2. The van der Waals surface area contributed by atoms with Gasteiger partial charge < -0.3 is 14.8 Å². The molecule has 0 fully saturated rings. The van der Waals surface area contributed by atoms with E-state index in [4.69, 9.17) is 9.47 Å². The van der Waals surface area contributed by atoms with Crippen molar-refractivity contribution in [2.24, 2.45) is 0 Å². The molecule has 0 aliphatic heterocycles. The molecule has 0 saturated heterocycles. The number of benzene rings is 1. The maximum absolute atomic E-state index is 11.9. The molecule has 0 atom stereocenters. The average molecular weight is 283 g/mol. The third-order valence-corrected chi connectivity index (χ3v) is 2.76. The minimum Gasteiger partial charge on any atom is -0.492 e. The van der Waals surface area contributed by atoms with Gasteiger partial charge in [0, 0.05) is 36.6 Å². The molecule has 0 aliphatic rings. The van der Waals surface area contributed by atoms with Crippen LogP contribution in [0.1, 0.15) is 30.6 Å². The zero-order chi connectivity index (χ0) is 14.3. The number of hydrogen-bond acceptors (Lipinski definition) is 4. The molecule has 1 aromatic rings. The van der Waals surface area contributed by atoms with Crippen LogP contribution in [0.3, 0.4) is 0 Å². The highest BCUT2D eigenvalue weighted by atomic mass is 32.1. The number of hydrogen-bond donors (Lipinski definition) is 2. The SMILES string of the molecule is COCCCOc1cc(C(=O)NC(C)C)ccc1S. The molecule has 0 aliphatic carbocycles. The Bertz CT molecular complexity index is 421. The van der Waals surface area contributed by atoms with Crippen LogP contribution >= 0.6 is 12.6 Å². The van der Waals surface area contributed by atoms with Crippen LogP contribution in [0.25, 0.3) is 0 Å². The lowest BCUT2D eigenvalue weighted by Gasteiger charge is -2.12. The molecule has 1 N–H and O–H groups in total. The van der Waals surface area contributed by atoms with Crippen LogP contribution in [0.2, 0.25) is 0 Å². The Morgan fingerprint density at radius 2 is 2.11 bits per heavy atom. The van der Waals surface area contributed by atoms with Crippen LogP contribution in [-0.2, 0) is 4.74 Å². The zero-order valence-corrected chi connectivity index (χ0v) is 12.5. The standard InChI is InChI=1S/C14H21NO3S/c1-10(2)15-14(16)11-5-6-13(19)12(9-11)18-8-4-7-17-3/h5-6,9-10,19H,4,7-8H2,1-3H3,(H,15,16). The van der Waals surface area contributed by atoms with Crippen molar-refractivity contribution >= 4 is 18.5 Å². The number of thiol groups is 1. The summed E-state index contributed by atoms with van der Waals surface area (Å²) in [6, 6.07) is 5.33. The van der Waals surface area contributed by atoms with Gasteiger partial charge in [0.1, 0.15) is 5.75 Å². The summed E-state index contributed by atoms with van der Waals surface area (Å²) in [6.45, 7) is 5.03. The second-order valence-corrected chi connectivity index (χ2v) is 4.99. The topological polar surface area (TPSA) is 47.6 Å². The van der Waals surface area contributed by atoms with Gasteiger partial charge in [0.05, 0.1) is 6.61 Å². The summed E-state index contributed by atoms with van der Waals surface area (Å²) in [5.74, 6) is 0.515. The summed E-state index contributed by atoms with van der Waals surface area (Å²) in [6.07, 6.45) is 0.798. The molecule has 0 saturated carbocycles. The first-order valence-corrected chi connectivity index (χ1v) is 6.75. The molecule has 0 unspecified atom stereocenters. The van der Waals surface area contributed by atoms with Gasteiger partial charge >= 0.3 is 0 Å². The number of amides is 1. The number of rotatable bonds is 7. The Morgan fingerprint density at radius 3 is 2.74 bits per heavy atom. The van der Waals surface area contributed by atoms with Crippen LogP contribution in [0, 0.1) is 0 Å². The highest BCUT2D eigenvalue weighted by molar-refractivity contribution is 7.80. The van der Waals surface area contributed by atoms with Gasteiger partial charge in [0.25, 0.3) is 5.91 Å². The van der Waals surface area contributed by atoms with Crippen molar-refractivity contribution in [3.05, 3.63) is 23.8 Å². The Labute approximate surface area is 119 Å². The smallest absolute Gasteiger partial charge is 0.251 e. The third kappa shape index (κ3) is 5.53. The fourth-order valence-electron chi connectivity index (χ4n) is 1.50. The van der Waals surface area contributed by atoms with Crippen LogP contribution in [-0.4, -0.2) is 32.3 Å². The second kappa shape index (κ2) is 8.07. The molecular weight excluding hydrogens is 262 g/mol. The van der Waals surface area contributed by atoms with Gasteiger partial charge in [-0.25, -0.2) is 0 Å². The molecule has 0 radical (unpaired) electrons. The highest BCUT2D eigenvalue weighted by Crippen LogP contribution is 2.24. The molecule has 1 amide bonds. The van der Waals surface area contributed by atoms with Gasteiger partial charge in [0.15, 0.2) is 0 Å². The van der Waals surface area contributed by atoms with Gasteiger partial charge in [-0.2, -0.15) is 0 Å². The van der Waals surface area contributed by atoms with Gasteiger partial charge in [-0.1, -0.05) is 0 Å². The van der Waals surface area contributed by atoms with Gasteiger partial charge in [-0.15, -0.1) is 12.6 Å². The van der Waals surface area contributed by atoms with E-state index in [1.807, 2.05) is 13.8 Å². The van der Waals surface area contributed by atoms with Crippen molar-refractivity contribution in [3.63, 3.8) is 0 Å². The van der Waals surface area contributed by atoms with E-state index in [-0.39, 0.29) is 11.9 Å². The summed E-state index contributed by atoms with van der Waals surface area (Å²) >= 11 is 4.32. The highest BCUT2D eigenvalue weighted by Gasteiger charge is 2.10. The van der Waals surface area contributed by atoms with E-state index in [9.17, 15) is 4.79 Å². The first-order chi connectivity index (χ1) is 9.04. The van der Waals surface area contributed by atoms with E-state index in [0.29, 0.717) is 24.5 Å². The second-order valence-electron chi connectivity index (χ2n) is 4.51. The Kier molecular flexibility index (Phi) is 6.73. The number of nitrogens with one attached hydrogen (secondary N) is 1. The zero-order valence-electron chi connectivity index (χ0n) is 11.6. The summed E-state index contributed by atoms with van der Waals surface area (Å²) in [5.41, 5.74) is 0.577. The fraction of sp³-hybridized carbons (Fsp3) is 0.500. The Hall–Kier alpha value is -1.20. The van der Waals surface area contributed by atoms with Crippen molar-refractivity contribution in [3.8, 4) is 5.75 Å². The summed E-state index contributed by atoms with van der Waals surface area (Å²) < 4.78 is 10.6. The largest absolute Gasteiger partial charge is 0.492 e. The predicted octanol–water partition coefficient (Wildman–Crippen LogP) is 2.53. The summed E-state index contributed by atoms with van der Waals surface area (Å²) in [4.78, 5) is 12.6.